The van der Waals surface area contributed by atoms with E-state index in [0.29, 0.717) is 17.4 Å². The van der Waals surface area contributed by atoms with Gasteiger partial charge < -0.3 is 19.5 Å². The third kappa shape index (κ3) is 4.11. The number of nitrogens with zero attached hydrogens (tertiary/aromatic N) is 1. The van der Waals surface area contributed by atoms with Gasteiger partial charge in [0.05, 0.1) is 7.11 Å². The van der Waals surface area contributed by atoms with Crippen molar-refractivity contribution in [2.75, 3.05) is 33.9 Å². The fourth-order valence-electron chi connectivity index (χ4n) is 2.53. The van der Waals surface area contributed by atoms with Crippen LogP contribution in [-0.4, -0.2) is 43.9 Å². The van der Waals surface area contributed by atoms with Gasteiger partial charge >= 0.3 is 0 Å². The van der Waals surface area contributed by atoms with Crippen LogP contribution < -0.4 is 4.74 Å². The maximum atomic E-state index is 9.95. The second kappa shape index (κ2) is 6.78. The van der Waals surface area contributed by atoms with Crippen molar-refractivity contribution in [3.8, 4) is 11.5 Å². The molecule has 0 saturated carbocycles. The maximum absolute atomic E-state index is 9.95. The van der Waals surface area contributed by atoms with Crippen molar-refractivity contribution in [2.24, 2.45) is 5.92 Å². The first kappa shape index (κ1) is 14.2. The van der Waals surface area contributed by atoms with Crippen LogP contribution in [0.5, 0.6) is 11.5 Å². The Hall–Kier alpha value is -1.26. The summed E-state index contributed by atoms with van der Waals surface area (Å²) in [6.07, 6.45) is 2.28. The van der Waals surface area contributed by atoms with E-state index in [1.807, 2.05) is 12.1 Å². The van der Waals surface area contributed by atoms with Gasteiger partial charge in [0.1, 0.15) is 11.5 Å². The summed E-state index contributed by atoms with van der Waals surface area (Å²) < 4.78 is 10.5. The van der Waals surface area contributed by atoms with Gasteiger partial charge in [-0.15, -0.1) is 0 Å². The van der Waals surface area contributed by atoms with Gasteiger partial charge in [0.25, 0.3) is 0 Å². The van der Waals surface area contributed by atoms with Crippen LogP contribution in [0, 0.1) is 5.92 Å². The Morgan fingerprint density at radius 3 is 2.74 bits per heavy atom. The average molecular weight is 265 g/mol. The van der Waals surface area contributed by atoms with E-state index < -0.39 is 0 Å². The maximum Gasteiger partial charge on any atom is 0.123 e. The number of hydrogen-bond acceptors (Lipinski definition) is 4. The predicted octanol–water partition coefficient (Wildman–Crippen LogP) is 2.26. The number of phenols is 1. The Kier molecular flexibility index (Phi) is 5.05. The highest BCUT2D eigenvalue weighted by molar-refractivity contribution is 5.39. The zero-order valence-electron chi connectivity index (χ0n) is 11.8. The molecule has 0 spiro atoms. The van der Waals surface area contributed by atoms with Crippen molar-refractivity contribution in [3.63, 3.8) is 0 Å². The normalized spacial score (nSPS) is 16.8. The minimum absolute atomic E-state index is 0.304. The van der Waals surface area contributed by atoms with Crippen LogP contribution in [0.3, 0.4) is 0 Å². The summed E-state index contributed by atoms with van der Waals surface area (Å²) in [7, 11) is 3.70. The lowest BCUT2D eigenvalue weighted by atomic mass is 9.99. The molecule has 4 nitrogen and oxygen atoms in total. The average Bonchev–Trinajstić information content (AvgIpc) is 2.42. The molecule has 0 amide bonds. The molecule has 106 valence electrons. The lowest BCUT2D eigenvalue weighted by Crippen LogP contribution is -2.29. The Balaban J connectivity index is 1.88. The Morgan fingerprint density at radius 1 is 1.37 bits per heavy atom. The zero-order valence-corrected chi connectivity index (χ0v) is 11.8. The zero-order chi connectivity index (χ0) is 13.7. The largest absolute Gasteiger partial charge is 0.507 e. The van der Waals surface area contributed by atoms with E-state index in [9.17, 15) is 5.11 Å². The van der Waals surface area contributed by atoms with Crippen LogP contribution in [0.2, 0.25) is 0 Å². The molecular formula is C15H23NO3. The Morgan fingerprint density at radius 2 is 2.11 bits per heavy atom. The molecule has 1 heterocycles. The fraction of sp³-hybridized carbons (Fsp3) is 0.600. The third-order valence-electron chi connectivity index (χ3n) is 3.64. The molecule has 0 aromatic heterocycles. The summed E-state index contributed by atoms with van der Waals surface area (Å²) in [5.74, 6) is 1.70. The van der Waals surface area contributed by atoms with E-state index in [4.69, 9.17) is 9.47 Å². The van der Waals surface area contributed by atoms with Crippen molar-refractivity contribution in [1.82, 2.24) is 4.90 Å². The highest BCUT2D eigenvalue weighted by atomic mass is 16.5. The van der Waals surface area contributed by atoms with Crippen molar-refractivity contribution in [3.05, 3.63) is 23.8 Å². The van der Waals surface area contributed by atoms with Gasteiger partial charge in [-0.2, -0.15) is 0 Å². The highest BCUT2D eigenvalue weighted by Crippen LogP contribution is 2.25. The van der Waals surface area contributed by atoms with E-state index in [1.54, 1.807) is 13.2 Å². The molecule has 0 unspecified atom stereocenters. The quantitative estimate of drug-likeness (QED) is 0.886. The van der Waals surface area contributed by atoms with Crippen molar-refractivity contribution < 1.29 is 14.6 Å². The van der Waals surface area contributed by atoms with Gasteiger partial charge in [0, 0.05) is 37.9 Å². The Bertz CT molecular complexity index is 402. The molecule has 4 heteroatoms. The number of hydrogen-bond donors (Lipinski definition) is 1. The van der Waals surface area contributed by atoms with Crippen LogP contribution in [0.4, 0.5) is 0 Å². The third-order valence-corrected chi connectivity index (χ3v) is 3.64. The molecule has 19 heavy (non-hydrogen) atoms. The number of rotatable bonds is 5. The molecule has 1 N–H and O–H groups in total. The summed E-state index contributed by atoms with van der Waals surface area (Å²) in [4.78, 5) is 2.26. The number of ether oxygens (including phenoxy) is 2. The smallest absolute Gasteiger partial charge is 0.123 e. The number of benzene rings is 1. The molecule has 2 rings (SSSR count). The van der Waals surface area contributed by atoms with Gasteiger partial charge in [-0.25, -0.2) is 0 Å². The topological polar surface area (TPSA) is 41.9 Å². The van der Waals surface area contributed by atoms with Gasteiger partial charge in [0.15, 0.2) is 0 Å². The Labute approximate surface area is 114 Å². The number of phenolic OH excluding ortho intramolecular Hbond substituents is 1. The van der Waals surface area contributed by atoms with Crippen LogP contribution in [0.25, 0.3) is 0 Å². The molecule has 1 aromatic rings. The lowest BCUT2D eigenvalue weighted by molar-refractivity contribution is 0.0549. The molecule has 0 aliphatic carbocycles. The summed E-state index contributed by atoms with van der Waals surface area (Å²) in [5.41, 5.74) is 0.940. The molecule has 0 atom stereocenters. The summed E-state index contributed by atoms with van der Waals surface area (Å²) >= 11 is 0. The van der Waals surface area contributed by atoms with E-state index in [2.05, 4.69) is 11.9 Å². The van der Waals surface area contributed by atoms with Crippen LogP contribution >= 0.6 is 0 Å². The van der Waals surface area contributed by atoms with Gasteiger partial charge in [-0.1, -0.05) is 6.07 Å². The standard InChI is InChI=1S/C15H23NO3/c1-16(10-12-5-7-19-8-6-12)11-13-3-4-14(18-2)9-15(13)17/h3-4,9,12,17H,5-8,10-11H2,1-2H3. The fourth-order valence-corrected chi connectivity index (χ4v) is 2.53. The van der Waals surface area contributed by atoms with Crippen LogP contribution in [0.1, 0.15) is 18.4 Å². The van der Waals surface area contributed by atoms with Crippen molar-refractivity contribution in [2.45, 2.75) is 19.4 Å². The number of methoxy groups -OCH3 is 1. The highest BCUT2D eigenvalue weighted by Gasteiger charge is 2.16. The van der Waals surface area contributed by atoms with Crippen molar-refractivity contribution in [1.29, 1.82) is 0 Å². The van der Waals surface area contributed by atoms with E-state index >= 15 is 0 Å². The molecule has 1 aromatic carbocycles. The van der Waals surface area contributed by atoms with Crippen molar-refractivity contribution >= 4 is 0 Å². The first-order valence-corrected chi connectivity index (χ1v) is 6.81. The van der Waals surface area contributed by atoms with Gasteiger partial charge in [-0.3, -0.25) is 0 Å². The molecule has 1 fully saturated rings. The summed E-state index contributed by atoms with van der Waals surface area (Å²) in [5, 5.41) is 9.95. The van der Waals surface area contributed by atoms with Crippen LogP contribution in [0.15, 0.2) is 18.2 Å². The molecule has 0 bridgehead atoms. The second-order valence-electron chi connectivity index (χ2n) is 5.25. The minimum Gasteiger partial charge on any atom is -0.507 e. The van der Waals surface area contributed by atoms with Gasteiger partial charge in [0.2, 0.25) is 0 Å². The molecule has 0 radical (unpaired) electrons. The lowest BCUT2D eigenvalue weighted by Gasteiger charge is -2.27. The van der Waals surface area contributed by atoms with Crippen LogP contribution in [-0.2, 0) is 11.3 Å². The molecule has 1 saturated heterocycles. The minimum atomic E-state index is 0.304. The molecule has 1 aliphatic heterocycles. The van der Waals surface area contributed by atoms with E-state index in [0.717, 1.165) is 44.7 Å². The monoisotopic (exact) mass is 265 g/mol. The van der Waals surface area contributed by atoms with E-state index in [-0.39, 0.29) is 0 Å². The SMILES string of the molecule is COc1ccc(CN(C)CC2CCOCC2)c(O)c1. The summed E-state index contributed by atoms with van der Waals surface area (Å²) in [6.45, 7) is 3.57. The molecular weight excluding hydrogens is 242 g/mol. The molecule has 1 aliphatic rings. The number of aromatic hydroxyl groups is 1. The van der Waals surface area contributed by atoms with Gasteiger partial charge in [-0.05, 0) is 31.9 Å². The first-order valence-electron chi connectivity index (χ1n) is 6.81. The predicted molar refractivity (Wildman–Crippen MR) is 74.5 cm³/mol. The summed E-state index contributed by atoms with van der Waals surface area (Å²) in [6, 6.07) is 5.48. The first-order chi connectivity index (χ1) is 9.19. The second-order valence-corrected chi connectivity index (χ2v) is 5.25. The van der Waals surface area contributed by atoms with E-state index in [1.165, 1.54) is 0 Å².